The highest BCUT2D eigenvalue weighted by Gasteiger charge is 2.69. The molecule has 0 aliphatic carbocycles. The second kappa shape index (κ2) is 6.15. The molecule has 2 aromatic rings. The molecule has 0 saturated carbocycles. The number of carboxylic acids is 1. The van der Waals surface area contributed by atoms with E-state index in [0.717, 1.165) is 0 Å². The van der Waals surface area contributed by atoms with E-state index in [4.69, 9.17) is 16.1 Å². The van der Waals surface area contributed by atoms with Crippen molar-refractivity contribution in [2.45, 2.75) is 49.4 Å². The van der Waals surface area contributed by atoms with Crippen LogP contribution < -0.4 is 5.32 Å². The number of nitrogens with one attached hydrogen (secondary N) is 1. The monoisotopic (exact) mass is 421 g/mol. The summed E-state index contributed by atoms with van der Waals surface area (Å²) in [5.74, 6) is -0.797. The van der Waals surface area contributed by atoms with Crippen molar-refractivity contribution in [3.05, 3.63) is 35.0 Å². The fourth-order valence-electron chi connectivity index (χ4n) is 3.94. The number of carbonyl (C=O) groups is 2. The quantitative estimate of drug-likeness (QED) is 0.728. The molecule has 3 heterocycles. The maximum atomic E-state index is 13.0. The molecule has 2 fully saturated rings. The van der Waals surface area contributed by atoms with Crippen LogP contribution in [-0.4, -0.2) is 48.7 Å². The zero-order valence-corrected chi connectivity index (χ0v) is 17.4. The predicted octanol–water partition coefficient (Wildman–Crippen LogP) is 3.62. The Morgan fingerprint density at radius 2 is 2.04 bits per heavy atom. The molecule has 0 bridgehead atoms. The SMILES string of the molecule is Cc1noc(-c2ccccc2Cl)c1N[C@@]1(C)C(=O)N2[C@@H](C(=O)O)C(C)(C)S[C@@H]21. The molecule has 4 rings (SSSR count). The third-order valence-electron chi connectivity index (χ3n) is 5.38. The van der Waals surface area contributed by atoms with E-state index in [1.807, 2.05) is 32.0 Å². The summed E-state index contributed by atoms with van der Waals surface area (Å²) in [5.41, 5.74) is 0.876. The predicted molar refractivity (Wildman–Crippen MR) is 107 cm³/mol. The summed E-state index contributed by atoms with van der Waals surface area (Å²) in [6.07, 6.45) is 0. The number of fused-ring (bicyclic) bond motifs is 1. The number of hydrogen-bond donors (Lipinski definition) is 2. The van der Waals surface area contributed by atoms with Crippen molar-refractivity contribution in [3.63, 3.8) is 0 Å². The molecule has 1 aromatic carbocycles. The van der Waals surface area contributed by atoms with Gasteiger partial charge in [-0.3, -0.25) is 4.79 Å². The second-order valence-corrected chi connectivity index (χ2v) is 9.95. The first-order valence-electron chi connectivity index (χ1n) is 8.80. The van der Waals surface area contributed by atoms with E-state index in [9.17, 15) is 14.7 Å². The van der Waals surface area contributed by atoms with E-state index >= 15 is 0 Å². The van der Waals surface area contributed by atoms with Gasteiger partial charge in [-0.1, -0.05) is 28.9 Å². The lowest BCUT2D eigenvalue weighted by molar-refractivity contribution is -0.163. The number of rotatable bonds is 4. The van der Waals surface area contributed by atoms with Crippen LogP contribution in [0.25, 0.3) is 11.3 Å². The van der Waals surface area contributed by atoms with Crippen LogP contribution in [0.5, 0.6) is 0 Å². The molecule has 0 radical (unpaired) electrons. The van der Waals surface area contributed by atoms with Gasteiger partial charge in [0.05, 0.1) is 5.02 Å². The Bertz CT molecular complexity index is 991. The third-order valence-corrected chi connectivity index (χ3v) is 7.46. The number of nitrogens with zero attached hydrogens (tertiary/aromatic N) is 2. The van der Waals surface area contributed by atoms with Crippen LogP contribution in [-0.2, 0) is 9.59 Å². The summed E-state index contributed by atoms with van der Waals surface area (Å²) in [4.78, 5) is 26.2. The molecule has 7 nitrogen and oxygen atoms in total. The lowest BCUT2D eigenvalue weighted by Crippen LogP contribution is -2.75. The lowest BCUT2D eigenvalue weighted by atomic mass is 9.85. The number of thioether (sulfide) groups is 1. The Labute approximate surface area is 171 Å². The van der Waals surface area contributed by atoms with E-state index in [-0.39, 0.29) is 11.3 Å². The number of carbonyl (C=O) groups excluding carboxylic acids is 1. The summed E-state index contributed by atoms with van der Waals surface area (Å²) in [6.45, 7) is 7.26. The van der Waals surface area contributed by atoms with Crippen molar-refractivity contribution >= 4 is 40.9 Å². The van der Waals surface area contributed by atoms with Crippen molar-refractivity contribution in [2.24, 2.45) is 0 Å². The summed E-state index contributed by atoms with van der Waals surface area (Å²) >= 11 is 7.79. The molecule has 28 heavy (non-hydrogen) atoms. The smallest absolute Gasteiger partial charge is 0.327 e. The average molecular weight is 422 g/mol. The largest absolute Gasteiger partial charge is 0.480 e. The van der Waals surface area contributed by atoms with Gasteiger partial charge >= 0.3 is 5.97 Å². The molecule has 2 N–H and O–H groups in total. The van der Waals surface area contributed by atoms with Crippen molar-refractivity contribution < 1.29 is 19.2 Å². The van der Waals surface area contributed by atoms with Crippen molar-refractivity contribution in [1.82, 2.24) is 10.1 Å². The topological polar surface area (TPSA) is 95.7 Å². The number of anilines is 1. The Balaban J connectivity index is 1.70. The first-order chi connectivity index (χ1) is 13.1. The lowest BCUT2D eigenvalue weighted by Gasteiger charge is -2.51. The van der Waals surface area contributed by atoms with Crippen molar-refractivity contribution in [3.8, 4) is 11.3 Å². The van der Waals surface area contributed by atoms with Gasteiger partial charge in [0, 0.05) is 10.3 Å². The molecular formula is C19H20ClN3O4S. The zero-order chi connectivity index (χ0) is 20.4. The minimum Gasteiger partial charge on any atom is -0.480 e. The highest BCUT2D eigenvalue weighted by Crippen LogP contribution is 2.56. The Kier molecular flexibility index (Phi) is 4.21. The second-order valence-electron chi connectivity index (χ2n) is 7.81. The Morgan fingerprint density at radius 1 is 1.36 bits per heavy atom. The highest BCUT2D eigenvalue weighted by atomic mass is 35.5. The van der Waals surface area contributed by atoms with Crippen LogP contribution in [0, 0.1) is 6.92 Å². The Morgan fingerprint density at radius 3 is 2.68 bits per heavy atom. The first-order valence-corrected chi connectivity index (χ1v) is 10.1. The molecule has 1 aromatic heterocycles. The zero-order valence-electron chi connectivity index (χ0n) is 15.8. The van der Waals surface area contributed by atoms with Crippen LogP contribution in [0.1, 0.15) is 26.5 Å². The molecule has 148 valence electrons. The number of aryl methyl sites for hydroxylation is 1. The van der Waals surface area contributed by atoms with Gasteiger partial charge in [0.1, 0.15) is 28.3 Å². The normalized spacial score (nSPS) is 28.0. The van der Waals surface area contributed by atoms with E-state index in [2.05, 4.69) is 10.5 Å². The number of amides is 1. The fraction of sp³-hybridized carbons (Fsp3) is 0.421. The third kappa shape index (κ3) is 2.54. The maximum absolute atomic E-state index is 13.0. The Hall–Kier alpha value is -2.19. The van der Waals surface area contributed by atoms with Gasteiger partial charge < -0.3 is 19.8 Å². The average Bonchev–Trinajstić information content (AvgIpc) is 3.11. The maximum Gasteiger partial charge on any atom is 0.327 e. The summed E-state index contributed by atoms with van der Waals surface area (Å²) in [6, 6.07) is 6.37. The van der Waals surface area contributed by atoms with Crippen LogP contribution in [0.2, 0.25) is 5.02 Å². The van der Waals surface area contributed by atoms with Gasteiger partial charge in [0.15, 0.2) is 5.76 Å². The molecule has 0 unspecified atom stereocenters. The summed E-state index contributed by atoms with van der Waals surface area (Å²) in [5, 5.41) is 17.1. The molecule has 2 saturated heterocycles. The van der Waals surface area contributed by atoms with Gasteiger partial charge in [-0.2, -0.15) is 0 Å². The number of aromatic nitrogens is 1. The van der Waals surface area contributed by atoms with Crippen molar-refractivity contribution in [2.75, 3.05) is 5.32 Å². The first kappa shape index (κ1) is 19.1. The number of carboxylic acid groups (broad SMARTS) is 1. The number of hydrogen-bond acceptors (Lipinski definition) is 6. The van der Waals surface area contributed by atoms with E-state index in [0.29, 0.717) is 27.7 Å². The number of aliphatic carboxylic acids is 1. The van der Waals surface area contributed by atoms with Crippen LogP contribution in [0.4, 0.5) is 5.69 Å². The van der Waals surface area contributed by atoms with Gasteiger partial charge in [0.2, 0.25) is 0 Å². The van der Waals surface area contributed by atoms with Gasteiger partial charge in [-0.15, -0.1) is 11.8 Å². The molecule has 9 heteroatoms. The number of halogens is 1. The summed E-state index contributed by atoms with van der Waals surface area (Å²) in [7, 11) is 0. The van der Waals surface area contributed by atoms with Crippen LogP contribution in [0.15, 0.2) is 28.8 Å². The highest BCUT2D eigenvalue weighted by molar-refractivity contribution is 8.01. The molecule has 2 aliphatic heterocycles. The molecule has 2 aliphatic rings. The van der Waals surface area contributed by atoms with E-state index in [1.165, 1.54) is 16.7 Å². The molecular weight excluding hydrogens is 402 g/mol. The van der Waals surface area contributed by atoms with Gasteiger partial charge in [-0.05, 0) is 39.8 Å². The van der Waals surface area contributed by atoms with Gasteiger partial charge in [0.25, 0.3) is 5.91 Å². The van der Waals surface area contributed by atoms with Crippen molar-refractivity contribution in [1.29, 1.82) is 0 Å². The molecule has 3 atom stereocenters. The number of benzene rings is 1. The minimum atomic E-state index is -0.992. The van der Waals surface area contributed by atoms with Crippen LogP contribution in [0.3, 0.4) is 0 Å². The van der Waals surface area contributed by atoms with E-state index in [1.54, 1.807) is 19.9 Å². The van der Waals surface area contributed by atoms with Gasteiger partial charge in [-0.25, -0.2) is 4.79 Å². The minimum absolute atomic E-state index is 0.256. The van der Waals surface area contributed by atoms with E-state index < -0.39 is 22.3 Å². The standard InChI is InChI=1S/C19H20ClN3O4S/c1-9-12(13(27-22-9)10-7-5-6-8-11(10)20)21-19(4)16(26)23-14(15(24)25)18(2,3)28-17(19)23/h5-8,14,17,21H,1-4H3,(H,24,25)/t14-,17+,19-/m0/s1. The fourth-order valence-corrected chi connectivity index (χ4v) is 5.81. The molecule has 0 spiro atoms. The summed E-state index contributed by atoms with van der Waals surface area (Å²) < 4.78 is 4.90. The molecule has 1 amide bonds. The van der Waals surface area contributed by atoms with Crippen LogP contribution >= 0.6 is 23.4 Å². The number of β-lactam (4-membered cyclic amide) rings is 1.